The standard InChI is InChI=1S/C14H16N2O2/c17-13-14(7-8-14)12(15-18)10-16(13)9-6-11-4-2-1-3-5-11/h1-5,12H,6-10H2. The summed E-state index contributed by atoms with van der Waals surface area (Å²) in [6.45, 7) is 1.20. The molecule has 1 aliphatic carbocycles. The van der Waals surface area contributed by atoms with Crippen LogP contribution in [0.25, 0.3) is 0 Å². The number of likely N-dealkylation sites (tertiary alicyclic amines) is 1. The van der Waals surface area contributed by atoms with Crippen LogP contribution in [0.1, 0.15) is 18.4 Å². The van der Waals surface area contributed by atoms with Crippen LogP contribution in [-0.2, 0) is 11.2 Å². The number of amides is 1. The zero-order valence-electron chi connectivity index (χ0n) is 10.2. The summed E-state index contributed by atoms with van der Waals surface area (Å²) in [7, 11) is 0. The van der Waals surface area contributed by atoms with Gasteiger partial charge in [-0.25, -0.2) is 0 Å². The van der Waals surface area contributed by atoms with Crippen molar-refractivity contribution >= 4 is 5.91 Å². The Balaban J connectivity index is 1.65. The van der Waals surface area contributed by atoms with E-state index in [0.29, 0.717) is 13.1 Å². The van der Waals surface area contributed by atoms with Crippen LogP contribution in [0.5, 0.6) is 0 Å². The van der Waals surface area contributed by atoms with Crippen molar-refractivity contribution in [3.8, 4) is 0 Å². The number of nitroso groups, excluding NO2 is 1. The molecule has 4 nitrogen and oxygen atoms in total. The highest BCUT2D eigenvalue weighted by molar-refractivity contribution is 5.88. The first kappa shape index (κ1) is 11.4. The molecular formula is C14H16N2O2. The molecule has 1 spiro atoms. The van der Waals surface area contributed by atoms with Crippen molar-refractivity contribution in [1.82, 2.24) is 4.90 Å². The van der Waals surface area contributed by atoms with Gasteiger partial charge < -0.3 is 4.90 Å². The lowest BCUT2D eigenvalue weighted by Gasteiger charge is -2.15. The molecule has 0 radical (unpaired) electrons. The van der Waals surface area contributed by atoms with E-state index in [-0.39, 0.29) is 11.9 Å². The Morgan fingerprint density at radius 1 is 1.28 bits per heavy atom. The highest BCUT2D eigenvalue weighted by Gasteiger charge is 2.62. The van der Waals surface area contributed by atoms with Crippen molar-refractivity contribution in [3.05, 3.63) is 40.8 Å². The van der Waals surface area contributed by atoms with Crippen molar-refractivity contribution in [2.75, 3.05) is 13.1 Å². The van der Waals surface area contributed by atoms with Crippen LogP contribution in [0.4, 0.5) is 0 Å². The maximum atomic E-state index is 12.2. The van der Waals surface area contributed by atoms with Crippen LogP contribution in [0.15, 0.2) is 35.5 Å². The second kappa shape index (κ2) is 4.19. The zero-order chi connectivity index (χ0) is 12.6. The fourth-order valence-corrected chi connectivity index (χ4v) is 2.84. The number of hydrogen-bond donors (Lipinski definition) is 0. The third kappa shape index (κ3) is 1.72. The molecule has 2 aliphatic rings. The topological polar surface area (TPSA) is 49.7 Å². The van der Waals surface area contributed by atoms with Crippen molar-refractivity contribution in [2.45, 2.75) is 25.3 Å². The number of hydrogen-bond acceptors (Lipinski definition) is 3. The molecule has 3 rings (SSSR count). The second-order valence-electron chi connectivity index (χ2n) is 5.26. The average molecular weight is 244 g/mol. The highest BCUT2D eigenvalue weighted by atomic mass is 16.3. The van der Waals surface area contributed by atoms with Gasteiger partial charge in [0.1, 0.15) is 6.04 Å². The summed E-state index contributed by atoms with van der Waals surface area (Å²) < 4.78 is 0. The summed E-state index contributed by atoms with van der Waals surface area (Å²) in [6.07, 6.45) is 2.52. The summed E-state index contributed by atoms with van der Waals surface area (Å²) in [5.41, 5.74) is 0.816. The van der Waals surface area contributed by atoms with Crippen LogP contribution < -0.4 is 0 Å². The molecule has 1 atom stereocenters. The van der Waals surface area contributed by atoms with Crippen molar-refractivity contribution in [3.63, 3.8) is 0 Å². The van der Waals surface area contributed by atoms with E-state index >= 15 is 0 Å². The Labute approximate surface area is 106 Å². The molecule has 0 aromatic heterocycles. The fraction of sp³-hybridized carbons (Fsp3) is 0.500. The Kier molecular flexibility index (Phi) is 2.65. The SMILES string of the molecule is O=NC1CN(CCc2ccccc2)C(=O)C12CC2. The minimum atomic E-state index is -0.404. The van der Waals surface area contributed by atoms with Crippen molar-refractivity contribution in [1.29, 1.82) is 0 Å². The van der Waals surface area contributed by atoms with Gasteiger partial charge in [-0.1, -0.05) is 35.5 Å². The Bertz CT molecular complexity index is 468. The van der Waals surface area contributed by atoms with E-state index in [9.17, 15) is 9.70 Å². The predicted molar refractivity (Wildman–Crippen MR) is 68.0 cm³/mol. The van der Waals surface area contributed by atoms with E-state index < -0.39 is 5.41 Å². The van der Waals surface area contributed by atoms with E-state index in [1.165, 1.54) is 5.56 Å². The van der Waals surface area contributed by atoms with E-state index in [2.05, 4.69) is 17.3 Å². The summed E-state index contributed by atoms with van der Waals surface area (Å²) in [4.78, 5) is 24.8. The highest BCUT2D eigenvalue weighted by Crippen LogP contribution is 2.54. The molecule has 18 heavy (non-hydrogen) atoms. The van der Waals surface area contributed by atoms with Gasteiger partial charge in [-0.3, -0.25) is 4.79 Å². The minimum Gasteiger partial charge on any atom is -0.339 e. The van der Waals surface area contributed by atoms with Gasteiger partial charge in [0.05, 0.1) is 5.41 Å². The fourth-order valence-electron chi connectivity index (χ4n) is 2.84. The van der Waals surface area contributed by atoms with Crippen LogP contribution in [-0.4, -0.2) is 29.9 Å². The molecule has 94 valence electrons. The Morgan fingerprint density at radius 2 is 2.00 bits per heavy atom. The van der Waals surface area contributed by atoms with Crippen LogP contribution in [0.3, 0.4) is 0 Å². The molecule has 1 aromatic rings. The summed E-state index contributed by atoms with van der Waals surface area (Å²) in [5, 5.41) is 3.15. The molecule has 1 heterocycles. The number of nitrogens with zero attached hydrogens (tertiary/aromatic N) is 2. The first-order chi connectivity index (χ1) is 8.76. The van der Waals surface area contributed by atoms with Gasteiger partial charge in [-0.2, -0.15) is 4.91 Å². The average Bonchev–Trinajstić information content (AvgIpc) is 3.16. The van der Waals surface area contributed by atoms with Gasteiger partial charge in [0.15, 0.2) is 0 Å². The van der Waals surface area contributed by atoms with Crippen molar-refractivity contribution < 1.29 is 4.79 Å². The molecular weight excluding hydrogens is 228 g/mol. The van der Waals surface area contributed by atoms with Gasteiger partial charge in [0, 0.05) is 13.1 Å². The van der Waals surface area contributed by atoms with E-state index in [0.717, 1.165) is 19.3 Å². The van der Waals surface area contributed by atoms with Gasteiger partial charge >= 0.3 is 0 Å². The van der Waals surface area contributed by atoms with Crippen LogP contribution in [0, 0.1) is 10.3 Å². The maximum absolute atomic E-state index is 12.2. The third-order valence-corrected chi connectivity index (χ3v) is 4.17. The summed E-state index contributed by atoms with van der Waals surface area (Å²) in [5.74, 6) is 0.142. The maximum Gasteiger partial charge on any atom is 0.231 e. The monoisotopic (exact) mass is 244 g/mol. The van der Waals surface area contributed by atoms with Crippen LogP contribution >= 0.6 is 0 Å². The lowest BCUT2D eigenvalue weighted by atomic mass is 10.0. The van der Waals surface area contributed by atoms with Gasteiger partial charge in [-0.15, -0.1) is 0 Å². The number of benzene rings is 1. The molecule has 1 aromatic carbocycles. The van der Waals surface area contributed by atoms with Gasteiger partial charge in [0.25, 0.3) is 0 Å². The van der Waals surface area contributed by atoms with Crippen LogP contribution in [0.2, 0.25) is 0 Å². The molecule has 1 amide bonds. The van der Waals surface area contributed by atoms with E-state index in [1.807, 2.05) is 23.1 Å². The number of carbonyl (C=O) groups is 1. The summed E-state index contributed by atoms with van der Waals surface area (Å²) >= 11 is 0. The van der Waals surface area contributed by atoms with Crippen molar-refractivity contribution in [2.24, 2.45) is 10.6 Å². The van der Waals surface area contributed by atoms with E-state index in [4.69, 9.17) is 0 Å². The number of carbonyl (C=O) groups excluding carboxylic acids is 1. The van der Waals surface area contributed by atoms with Gasteiger partial charge in [-0.05, 0) is 24.8 Å². The van der Waals surface area contributed by atoms with E-state index in [1.54, 1.807) is 0 Å². The summed E-state index contributed by atoms with van der Waals surface area (Å²) in [6, 6.07) is 9.78. The quantitative estimate of drug-likeness (QED) is 0.760. The smallest absolute Gasteiger partial charge is 0.231 e. The normalized spacial score (nSPS) is 24.6. The molecule has 1 aliphatic heterocycles. The largest absolute Gasteiger partial charge is 0.339 e. The molecule has 1 unspecified atom stereocenters. The lowest BCUT2D eigenvalue weighted by molar-refractivity contribution is -0.132. The first-order valence-electron chi connectivity index (χ1n) is 6.42. The predicted octanol–water partition coefficient (Wildman–Crippen LogP) is 1.99. The lowest BCUT2D eigenvalue weighted by Crippen LogP contribution is -2.29. The molecule has 1 saturated carbocycles. The molecule has 4 heteroatoms. The molecule has 1 saturated heterocycles. The molecule has 0 N–H and O–H groups in total. The van der Waals surface area contributed by atoms with Gasteiger partial charge in [0.2, 0.25) is 5.91 Å². The first-order valence-corrected chi connectivity index (χ1v) is 6.42. The number of rotatable bonds is 4. The minimum absolute atomic E-state index is 0.142. The molecule has 0 bridgehead atoms. The zero-order valence-corrected chi connectivity index (χ0v) is 10.2. The third-order valence-electron chi connectivity index (χ3n) is 4.17. The Morgan fingerprint density at radius 3 is 2.56 bits per heavy atom. The Hall–Kier alpha value is -1.71. The molecule has 2 fully saturated rings. The second-order valence-corrected chi connectivity index (χ2v) is 5.26.